The van der Waals surface area contributed by atoms with Crippen LogP contribution in [0.5, 0.6) is 0 Å². The molecule has 0 saturated carbocycles. The van der Waals surface area contributed by atoms with Crippen molar-refractivity contribution < 1.29 is 14.3 Å². The van der Waals surface area contributed by atoms with Crippen molar-refractivity contribution >= 4 is 39.3 Å². The van der Waals surface area contributed by atoms with Gasteiger partial charge in [0.15, 0.2) is 11.9 Å². The third kappa shape index (κ3) is 3.32. The SMILES string of the molecule is CC(=O)OC(C(=O)CBr)c1ccccc1Cl. The van der Waals surface area contributed by atoms with E-state index < -0.39 is 12.1 Å². The Morgan fingerprint density at radius 1 is 1.44 bits per heavy atom. The fourth-order valence-corrected chi connectivity index (χ4v) is 1.76. The number of carbonyl (C=O) groups is 2. The fraction of sp³-hybridized carbons (Fsp3) is 0.273. The average Bonchev–Trinajstić information content (AvgIpc) is 2.26. The molecule has 1 aromatic carbocycles. The molecule has 5 heteroatoms. The van der Waals surface area contributed by atoms with Crippen LogP contribution in [-0.2, 0) is 14.3 Å². The van der Waals surface area contributed by atoms with Crippen LogP contribution in [-0.4, -0.2) is 17.1 Å². The highest BCUT2D eigenvalue weighted by molar-refractivity contribution is 9.09. The van der Waals surface area contributed by atoms with Crippen LogP contribution in [0.4, 0.5) is 0 Å². The lowest BCUT2D eigenvalue weighted by Crippen LogP contribution is -2.19. The van der Waals surface area contributed by atoms with E-state index in [-0.39, 0.29) is 11.1 Å². The average molecular weight is 306 g/mol. The monoisotopic (exact) mass is 304 g/mol. The molecule has 0 aliphatic heterocycles. The number of Topliss-reactive ketones (excluding diaryl/α,β-unsaturated/α-hetero) is 1. The van der Waals surface area contributed by atoms with Crippen molar-refractivity contribution in [2.45, 2.75) is 13.0 Å². The molecule has 0 aliphatic rings. The van der Waals surface area contributed by atoms with Gasteiger partial charge in [0.1, 0.15) is 0 Å². The predicted molar refractivity (Wildman–Crippen MR) is 64.8 cm³/mol. The van der Waals surface area contributed by atoms with Crippen LogP contribution >= 0.6 is 27.5 Å². The molecule has 0 aromatic heterocycles. The number of alkyl halides is 1. The summed E-state index contributed by atoms with van der Waals surface area (Å²) in [5.41, 5.74) is 0.504. The summed E-state index contributed by atoms with van der Waals surface area (Å²) in [5, 5.41) is 0.513. The molecule has 0 bridgehead atoms. The van der Waals surface area contributed by atoms with Gasteiger partial charge in [-0.2, -0.15) is 0 Å². The van der Waals surface area contributed by atoms with Gasteiger partial charge in [-0.1, -0.05) is 45.7 Å². The Bertz CT molecular complexity index is 406. The van der Waals surface area contributed by atoms with Gasteiger partial charge in [-0.15, -0.1) is 0 Å². The summed E-state index contributed by atoms with van der Waals surface area (Å²) < 4.78 is 4.97. The van der Waals surface area contributed by atoms with Gasteiger partial charge >= 0.3 is 5.97 Å². The summed E-state index contributed by atoms with van der Waals surface area (Å²) in [7, 11) is 0. The largest absolute Gasteiger partial charge is 0.449 e. The van der Waals surface area contributed by atoms with Crippen LogP contribution in [0, 0.1) is 0 Å². The van der Waals surface area contributed by atoms with Gasteiger partial charge in [0, 0.05) is 17.5 Å². The zero-order valence-electron chi connectivity index (χ0n) is 8.57. The van der Waals surface area contributed by atoms with E-state index in [9.17, 15) is 9.59 Å². The zero-order valence-corrected chi connectivity index (χ0v) is 10.9. The van der Waals surface area contributed by atoms with Crippen molar-refractivity contribution in [3.63, 3.8) is 0 Å². The molecule has 3 nitrogen and oxygen atoms in total. The molecule has 1 unspecified atom stereocenters. The minimum absolute atomic E-state index is 0.107. The minimum Gasteiger partial charge on any atom is -0.449 e. The molecule has 0 N–H and O–H groups in total. The van der Waals surface area contributed by atoms with Crippen molar-refractivity contribution in [1.82, 2.24) is 0 Å². The van der Waals surface area contributed by atoms with Gasteiger partial charge in [-0.25, -0.2) is 0 Å². The van der Waals surface area contributed by atoms with Gasteiger partial charge in [-0.3, -0.25) is 9.59 Å². The van der Waals surface area contributed by atoms with E-state index in [1.165, 1.54) is 6.92 Å². The second-order valence-electron chi connectivity index (χ2n) is 3.11. The van der Waals surface area contributed by atoms with Crippen molar-refractivity contribution in [3.05, 3.63) is 34.9 Å². The van der Waals surface area contributed by atoms with Crippen molar-refractivity contribution in [1.29, 1.82) is 0 Å². The van der Waals surface area contributed by atoms with Crippen molar-refractivity contribution in [2.75, 3.05) is 5.33 Å². The lowest BCUT2D eigenvalue weighted by atomic mass is 10.1. The maximum absolute atomic E-state index is 11.6. The van der Waals surface area contributed by atoms with Crippen LogP contribution in [0.25, 0.3) is 0 Å². The summed E-state index contributed by atoms with van der Waals surface area (Å²) in [5.74, 6) is -0.762. The molecular formula is C11H10BrClO3. The molecular weight excluding hydrogens is 295 g/mol. The molecule has 0 saturated heterocycles. The molecule has 1 rings (SSSR count). The topological polar surface area (TPSA) is 43.4 Å². The number of ether oxygens (including phenoxy) is 1. The summed E-state index contributed by atoms with van der Waals surface area (Å²) in [6.07, 6.45) is -0.939. The first kappa shape index (κ1) is 13.2. The highest BCUT2D eigenvalue weighted by Gasteiger charge is 2.24. The number of benzene rings is 1. The lowest BCUT2D eigenvalue weighted by molar-refractivity contribution is -0.152. The van der Waals surface area contributed by atoms with Crippen molar-refractivity contribution in [2.24, 2.45) is 0 Å². The highest BCUT2D eigenvalue weighted by atomic mass is 79.9. The Labute approximate surface area is 107 Å². The number of rotatable bonds is 4. The number of hydrogen-bond donors (Lipinski definition) is 0. The molecule has 1 aromatic rings. The summed E-state index contributed by atoms with van der Waals surface area (Å²) in [4.78, 5) is 22.5. The number of hydrogen-bond acceptors (Lipinski definition) is 3. The van der Waals surface area contributed by atoms with E-state index in [0.29, 0.717) is 10.6 Å². The molecule has 1 atom stereocenters. The summed E-state index contributed by atoms with van der Waals surface area (Å²) in [6.45, 7) is 1.26. The normalized spacial score (nSPS) is 11.9. The van der Waals surface area contributed by atoms with E-state index in [2.05, 4.69) is 15.9 Å². The number of carbonyl (C=O) groups excluding carboxylic acids is 2. The molecule has 16 heavy (non-hydrogen) atoms. The molecule has 0 fully saturated rings. The Hall–Kier alpha value is -0.870. The van der Waals surface area contributed by atoms with E-state index in [1.54, 1.807) is 24.3 Å². The first-order valence-electron chi connectivity index (χ1n) is 4.56. The fourth-order valence-electron chi connectivity index (χ4n) is 1.23. The van der Waals surface area contributed by atoms with E-state index in [1.807, 2.05) is 0 Å². The lowest BCUT2D eigenvalue weighted by Gasteiger charge is -2.16. The van der Waals surface area contributed by atoms with E-state index in [0.717, 1.165) is 0 Å². The summed E-state index contributed by atoms with van der Waals surface area (Å²) in [6, 6.07) is 6.79. The molecule has 0 radical (unpaired) electrons. The Kier molecular flexibility index (Phi) is 4.96. The minimum atomic E-state index is -0.939. The quantitative estimate of drug-likeness (QED) is 0.634. The first-order valence-corrected chi connectivity index (χ1v) is 6.06. The number of halogens is 2. The molecule has 0 spiro atoms. The Morgan fingerprint density at radius 2 is 2.06 bits per heavy atom. The number of ketones is 1. The standard InChI is InChI=1S/C11H10BrClO3/c1-7(14)16-11(10(15)6-12)8-4-2-3-5-9(8)13/h2-5,11H,6H2,1H3. The van der Waals surface area contributed by atoms with Gasteiger partial charge in [0.05, 0.1) is 5.33 Å². The molecule has 0 amide bonds. The maximum atomic E-state index is 11.6. The van der Waals surface area contributed by atoms with Gasteiger partial charge in [-0.05, 0) is 6.07 Å². The second-order valence-corrected chi connectivity index (χ2v) is 4.08. The Morgan fingerprint density at radius 3 is 2.56 bits per heavy atom. The Balaban J connectivity index is 3.06. The molecule has 86 valence electrons. The zero-order chi connectivity index (χ0) is 12.1. The first-order chi connectivity index (χ1) is 7.56. The third-order valence-corrected chi connectivity index (χ3v) is 2.79. The summed E-state index contributed by atoms with van der Waals surface area (Å²) >= 11 is 8.99. The second kappa shape index (κ2) is 6.01. The van der Waals surface area contributed by atoms with Crippen LogP contribution in [0.2, 0.25) is 5.02 Å². The highest BCUT2D eigenvalue weighted by Crippen LogP contribution is 2.26. The van der Waals surface area contributed by atoms with Crippen LogP contribution in [0.1, 0.15) is 18.6 Å². The van der Waals surface area contributed by atoms with Gasteiger partial charge < -0.3 is 4.74 Å². The van der Waals surface area contributed by atoms with E-state index >= 15 is 0 Å². The maximum Gasteiger partial charge on any atom is 0.303 e. The third-order valence-electron chi connectivity index (χ3n) is 1.90. The van der Waals surface area contributed by atoms with Crippen molar-refractivity contribution in [3.8, 4) is 0 Å². The van der Waals surface area contributed by atoms with Gasteiger partial charge in [0.25, 0.3) is 0 Å². The number of esters is 1. The molecule has 0 heterocycles. The van der Waals surface area contributed by atoms with Crippen LogP contribution < -0.4 is 0 Å². The molecule has 0 aliphatic carbocycles. The predicted octanol–water partition coefficient (Wildman–Crippen LogP) is 2.91. The smallest absolute Gasteiger partial charge is 0.303 e. The van der Waals surface area contributed by atoms with E-state index in [4.69, 9.17) is 16.3 Å². The van der Waals surface area contributed by atoms with Crippen LogP contribution in [0.3, 0.4) is 0 Å². The van der Waals surface area contributed by atoms with Gasteiger partial charge in [0.2, 0.25) is 0 Å². The van der Waals surface area contributed by atoms with Crippen LogP contribution in [0.15, 0.2) is 24.3 Å².